The Balaban J connectivity index is 0.000000194. The Bertz CT molecular complexity index is 2120. The first-order valence-electron chi connectivity index (χ1n) is 17.2. The van der Waals surface area contributed by atoms with Crippen molar-refractivity contribution in [1.82, 2.24) is 0 Å². The van der Waals surface area contributed by atoms with Crippen molar-refractivity contribution < 1.29 is 40.8 Å². The van der Waals surface area contributed by atoms with Crippen LogP contribution in [0.2, 0.25) is 0 Å². The van der Waals surface area contributed by atoms with Gasteiger partial charge in [-0.2, -0.15) is 208 Å². The van der Waals surface area contributed by atoms with Crippen molar-refractivity contribution in [3.8, 4) is 0 Å². The maximum Gasteiger partial charge on any atom is 0 e. The van der Waals surface area contributed by atoms with Crippen LogP contribution in [0.5, 0.6) is 0 Å². The van der Waals surface area contributed by atoms with Gasteiger partial charge in [0.25, 0.3) is 0 Å². The second-order valence-electron chi connectivity index (χ2n) is 12.5. The summed E-state index contributed by atoms with van der Waals surface area (Å²) in [7, 11) is 0. The van der Waals surface area contributed by atoms with E-state index in [9.17, 15) is 0 Å². The number of hydrogen-bond donors (Lipinski definition) is 0. The summed E-state index contributed by atoms with van der Waals surface area (Å²) in [5.74, 6) is 0.240. The maximum atomic E-state index is 3.56. The second kappa shape index (κ2) is 20.0. The second-order valence-corrected chi connectivity index (χ2v) is 12.5. The minimum atomic E-state index is 0. The van der Waals surface area contributed by atoms with Crippen LogP contribution in [0.4, 0.5) is 0 Å². The summed E-state index contributed by atoms with van der Waals surface area (Å²) in [5.41, 5.74) is 13.1. The molecule has 0 aromatic heterocycles. The van der Waals surface area contributed by atoms with Crippen molar-refractivity contribution in [1.29, 1.82) is 0 Å². The van der Waals surface area contributed by atoms with E-state index in [0.717, 1.165) is 37.7 Å². The summed E-state index contributed by atoms with van der Waals surface area (Å²) >= 11 is 0. The number of benzene rings is 6. The maximum absolute atomic E-state index is 3.56. The summed E-state index contributed by atoms with van der Waals surface area (Å²) in [4.78, 5) is 0. The van der Waals surface area contributed by atoms with Gasteiger partial charge < -0.3 is 0 Å². The van der Waals surface area contributed by atoms with Gasteiger partial charge in [-0.15, -0.1) is 18.1 Å². The van der Waals surface area contributed by atoms with Gasteiger partial charge in [-0.25, -0.2) is 35.4 Å². The molecule has 0 amide bonds. The normalized spacial score (nSPS) is 13.8. The minimum absolute atomic E-state index is 0. The van der Waals surface area contributed by atoms with Crippen LogP contribution in [-0.2, 0) is 66.5 Å². The minimum Gasteiger partial charge on any atom is -0.267 e. The summed E-state index contributed by atoms with van der Waals surface area (Å²) in [6, 6.07) is 62.5. The average Bonchev–Trinajstić information content (AvgIpc) is 3.90. The van der Waals surface area contributed by atoms with Crippen LogP contribution < -0.4 is 0 Å². The molecule has 2 aliphatic rings. The molecule has 52 heavy (non-hydrogen) atoms. The van der Waals surface area contributed by atoms with E-state index in [1.807, 2.05) is 42.5 Å². The van der Waals surface area contributed by atoms with Crippen LogP contribution in [0.15, 0.2) is 152 Å². The zero-order valence-electron chi connectivity index (χ0n) is 28.7. The molecule has 6 aromatic rings. The van der Waals surface area contributed by atoms with E-state index < -0.39 is 0 Å². The van der Waals surface area contributed by atoms with Crippen LogP contribution in [0.1, 0.15) is 68.0 Å². The van der Waals surface area contributed by atoms with Crippen molar-refractivity contribution in [3.05, 3.63) is 256 Å². The molecule has 0 spiro atoms. The first-order valence-corrected chi connectivity index (χ1v) is 17.2. The predicted molar refractivity (Wildman–Crippen MR) is 203 cm³/mol. The summed E-state index contributed by atoms with van der Waals surface area (Å²) < 4.78 is 0. The van der Waals surface area contributed by atoms with E-state index in [4.69, 9.17) is 0 Å². The molecule has 0 saturated carbocycles. The molecule has 0 saturated heterocycles. The van der Waals surface area contributed by atoms with E-state index in [2.05, 4.69) is 158 Å². The Morgan fingerprint density at radius 1 is 0.500 bits per heavy atom. The molecule has 0 radical (unpaired) electrons. The number of rotatable bonds is 10. The number of allylic oxidation sites excluding steroid dienone is 8. The Labute approximate surface area is 338 Å². The fourth-order valence-corrected chi connectivity index (χ4v) is 6.23. The van der Waals surface area contributed by atoms with Gasteiger partial charge in [-0.05, 0) is 25.7 Å². The van der Waals surface area contributed by atoms with Crippen LogP contribution in [0, 0.1) is 48.6 Å². The molecule has 0 heterocycles. The van der Waals surface area contributed by atoms with Crippen molar-refractivity contribution in [3.63, 3.8) is 0 Å². The van der Waals surface area contributed by atoms with Crippen LogP contribution in [0.25, 0.3) is 5.57 Å². The fraction of sp³-hybridized carbons (Fsp3) is 0.120. The Hall–Kier alpha value is -4.40. The Kier molecular flexibility index (Phi) is 14.9. The van der Waals surface area contributed by atoms with Gasteiger partial charge in [0.2, 0.25) is 0 Å². The van der Waals surface area contributed by atoms with Gasteiger partial charge in [-0.1, -0.05) is 5.92 Å². The fourth-order valence-electron chi connectivity index (χ4n) is 6.23. The Morgan fingerprint density at radius 3 is 1.50 bits per heavy atom. The van der Waals surface area contributed by atoms with Crippen LogP contribution in [0.3, 0.4) is 0 Å². The zero-order valence-corrected chi connectivity index (χ0v) is 31.8. The molecular weight excluding hydrogens is 813 g/mol. The molecule has 0 aliphatic heterocycles. The smallest absolute Gasteiger partial charge is 0 e. The van der Waals surface area contributed by atoms with Gasteiger partial charge in [0, 0.05) is 40.8 Å². The molecule has 8 rings (SSSR count). The number of hydrogen-bond acceptors (Lipinski definition) is 0. The van der Waals surface area contributed by atoms with E-state index in [1.165, 1.54) is 55.6 Å². The van der Waals surface area contributed by atoms with E-state index in [0.29, 0.717) is 0 Å². The Morgan fingerprint density at radius 2 is 1.00 bits per heavy atom. The first-order chi connectivity index (χ1) is 24.7. The van der Waals surface area contributed by atoms with Gasteiger partial charge >= 0.3 is 0 Å². The van der Waals surface area contributed by atoms with Gasteiger partial charge in [0.1, 0.15) is 0 Å². The van der Waals surface area contributed by atoms with Gasteiger partial charge in [0.15, 0.2) is 0 Å². The molecule has 0 N–H and O–H groups in total. The third-order valence-corrected chi connectivity index (χ3v) is 8.67. The van der Waals surface area contributed by atoms with Crippen molar-refractivity contribution >= 4 is 5.57 Å². The summed E-state index contributed by atoms with van der Waals surface area (Å²) in [5, 5.41) is 0. The summed E-state index contributed by atoms with van der Waals surface area (Å²) in [6.45, 7) is 0. The third-order valence-electron chi connectivity index (χ3n) is 8.67. The molecule has 264 valence electrons. The quantitative estimate of drug-likeness (QED) is 0.0952. The molecular formula is C50H36Pd2-8. The zero-order chi connectivity index (χ0) is 33.8. The third kappa shape index (κ3) is 11.3. The van der Waals surface area contributed by atoms with Gasteiger partial charge in [0.05, 0.1) is 0 Å². The largest absolute Gasteiger partial charge is 0.267 e. The monoisotopic (exact) mass is 848 g/mol. The van der Waals surface area contributed by atoms with Gasteiger partial charge in [-0.3, -0.25) is 6.08 Å². The first kappa shape index (κ1) is 38.8. The van der Waals surface area contributed by atoms with Crippen LogP contribution in [-0.4, -0.2) is 0 Å². The molecule has 2 aliphatic carbocycles. The van der Waals surface area contributed by atoms with Crippen molar-refractivity contribution in [2.45, 2.75) is 38.0 Å². The molecule has 0 fully saturated rings. The van der Waals surface area contributed by atoms with Crippen molar-refractivity contribution in [2.24, 2.45) is 0 Å². The van der Waals surface area contributed by atoms with Crippen LogP contribution >= 0.6 is 0 Å². The van der Waals surface area contributed by atoms with E-state index in [1.54, 1.807) is 0 Å². The predicted octanol–water partition coefficient (Wildman–Crippen LogP) is 10.7. The molecule has 1 atom stereocenters. The molecule has 0 bridgehead atoms. The topological polar surface area (TPSA) is 0 Å². The summed E-state index contributed by atoms with van der Waals surface area (Å²) in [6.07, 6.45) is 21.3. The molecule has 6 aromatic carbocycles. The molecule has 2 heteroatoms. The van der Waals surface area contributed by atoms with E-state index in [-0.39, 0.29) is 46.8 Å². The average molecular weight is 850 g/mol. The van der Waals surface area contributed by atoms with Crippen molar-refractivity contribution in [2.75, 3.05) is 0 Å². The molecule has 1 unspecified atom stereocenters. The standard InChI is InChI=1S/2C25H18.2Pd/c2*1-2-8-20(9-3-1)16-21-10-6-11-22(17-21)18-23-12-7-15-25(19-23)24-13-4-5-14-24;;/h1-8,10-12,15H,13,16,18H2;1-8,10-13,15,24H,16,18H2;;/q2*-4;;. The van der Waals surface area contributed by atoms with E-state index >= 15 is 0 Å². The SMILES string of the molecule is [C-]1=C(c2[c-]c(Cc3[c-]c(Cc4[c-]cccc4)ccc3)ccc2)CC=C1.[C-]1=CC=CC1c1[c-]c(Cc2[c-]c(Cc3[c-]cccc3)ccc2)ccc1.[Pd].[Pd]. The molecule has 0 nitrogen and oxygen atoms in total.